The van der Waals surface area contributed by atoms with E-state index < -0.39 is 16.1 Å². The van der Waals surface area contributed by atoms with Crippen LogP contribution in [0.5, 0.6) is 5.75 Å². The number of carbonyl (C=O) groups is 1. The van der Waals surface area contributed by atoms with Crippen molar-refractivity contribution in [3.8, 4) is 28.1 Å². The van der Waals surface area contributed by atoms with Crippen LogP contribution in [0.15, 0.2) is 78.0 Å². The molecule has 6 rings (SSSR count). The molecule has 46 heavy (non-hydrogen) atoms. The van der Waals surface area contributed by atoms with Gasteiger partial charge in [-0.1, -0.05) is 29.8 Å². The predicted octanol–water partition coefficient (Wildman–Crippen LogP) is 4.76. The number of aliphatic hydroxyl groups is 1. The highest BCUT2D eigenvalue weighted by molar-refractivity contribution is 7.90. The summed E-state index contributed by atoms with van der Waals surface area (Å²) in [7, 11) is 1.37. The number of ether oxygens (including phenoxy) is 1. The smallest absolute Gasteiger partial charge is 0.269 e. The Kier molecular flexibility index (Phi) is 8.41. The van der Waals surface area contributed by atoms with E-state index >= 15 is 0 Å². The molecule has 10 nitrogen and oxygen atoms in total. The molecule has 238 valence electrons. The van der Waals surface area contributed by atoms with Crippen LogP contribution in [0.25, 0.3) is 33.5 Å². The molecule has 0 spiro atoms. The van der Waals surface area contributed by atoms with Crippen LogP contribution in [0.1, 0.15) is 34.0 Å². The Morgan fingerprint density at radius 2 is 1.80 bits per heavy atom. The SMILES string of the molecule is COc1cc(-c2cnc3c(n2)c(-c2ccc(C(=O)N(C)CC(C)O)cc2)cn3S(=O)(=O)c2ccc(C)cc2)cc2c1CN(C)CC2. The Balaban J connectivity index is 1.49. The average Bonchev–Trinajstić information content (AvgIpc) is 3.43. The van der Waals surface area contributed by atoms with E-state index in [0.29, 0.717) is 27.9 Å². The zero-order chi connectivity index (χ0) is 32.7. The fourth-order valence-corrected chi connectivity index (χ4v) is 7.22. The van der Waals surface area contributed by atoms with Gasteiger partial charge in [0, 0.05) is 55.1 Å². The fraction of sp³-hybridized carbons (Fsp3) is 0.286. The molecule has 0 radical (unpaired) electrons. The molecule has 0 saturated carbocycles. The van der Waals surface area contributed by atoms with Gasteiger partial charge in [-0.3, -0.25) is 4.79 Å². The summed E-state index contributed by atoms with van der Waals surface area (Å²) in [5.41, 5.74) is 7.00. The summed E-state index contributed by atoms with van der Waals surface area (Å²) in [6.07, 6.45) is 3.37. The Hall–Kier alpha value is -4.58. The van der Waals surface area contributed by atoms with E-state index in [9.17, 15) is 18.3 Å². The molecule has 1 aliphatic heterocycles. The number of benzene rings is 3. The number of hydrogen-bond acceptors (Lipinski definition) is 8. The second-order valence-electron chi connectivity index (χ2n) is 12.0. The Labute approximate surface area is 269 Å². The largest absolute Gasteiger partial charge is 0.496 e. The molecular weight excluding hydrogens is 602 g/mol. The van der Waals surface area contributed by atoms with Crippen LogP contribution in [-0.4, -0.2) is 83.6 Å². The molecule has 0 saturated heterocycles. The van der Waals surface area contributed by atoms with Crippen LogP contribution < -0.4 is 4.74 Å². The third-order valence-electron chi connectivity index (χ3n) is 8.38. The first-order valence-electron chi connectivity index (χ1n) is 15.1. The fourth-order valence-electron chi connectivity index (χ4n) is 5.91. The minimum absolute atomic E-state index is 0.138. The number of amides is 1. The Bertz CT molecular complexity index is 2020. The number of hydrogen-bond donors (Lipinski definition) is 1. The van der Waals surface area contributed by atoms with Crippen LogP contribution in [0.2, 0.25) is 0 Å². The van der Waals surface area contributed by atoms with Crippen molar-refractivity contribution in [1.29, 1.82) is 0 Å². The second-order valence-corrected chi connectivity index (χ2v) is 13.8. The molecule has 1 N–H and O–H groups in total. The van der Waals surface area contributed by atoms with Gasteiger partial charge in [-0.05, 0) is 74.8 Å². The monoisotopic (exact) mass is 639 g/mol. The van der Waals surface area contributed by atoms with Gasteiger partial charge in [0.25, 0.3) is 15.9 Å². The van der Waals surface area contributed by atoms with Crippen LogP contribution in [0.3, 0.4) is 0 Å². The molecule has 5 aromatic rings. The van der Waals surface area contributed by atoms with Gasteiger partial charge < -0.3 is 19.6 Å². The number of aromatic nitrogens is 3. The third-order valence-corrected chi connectivity index (χ3v) is 10.0. The predicted molar refractivity (Wildman–Crippen MR) is 177 cm³/mol. The van der Waals surface area contributed by atoms with Gasteiger partial charge in [-0.2, -0.15) is 0 Å². The van der Waals surface area contributed by atoms with E-state index in [1.54, 1.807) is 82.0 Å². The molecule has 3 aromatic carbocycles. The van der Waals surface area contributed by atoms with Gasteiger partial charge in [-0.15, -0.1) is 0 Å². The first kappa shape index (κ1) is 31.4. The number of likely N-dealkylation sites (N-methyl/N-ethyl adjacent to an activating group) is 2. The number of rotatable bonds is 8. The van der Waals surface area contributed by atoms with Crippen LogP contribution in [-0.2, 0) is 23.0 Å². The van der Waals surface area contributed by atoms with Crippen molar-refractivity contribution < 1.29 is 23.1 Å². The van der Waals surface area contributed by atoms with E-state index in [4.69, 9.17) is 9.72 Å². The topological polar surface area (TPSA) is 118 Å². The van der Waals surface area contributed by atoms with Crippen molar-refractivity contribution >= 4 is 27.1 Å². The number of aryl methyl sites for hydroxylation is 1. The average molecular weight is 640 g/mol. The summed E-state index contributed by atoms with van der Waals surface area (Å²) in [6.45, 7) is 5.45. The summed E-state index contributed by atoms with van der Waals surface area (Å²) in [5, 5.41) is 9.71. The Morgan fingerprint density at radius 1 is 1.09 bits per heavy atom. The van der Waals surface area contributed by atoms with Crippen LogP contribution in [0.4, 0.5) is 0 Å². The minimum atomic E-state index is -4.01. The number of fused-ring (bicyclic) bond motifs is 2. The van der Waals surface area contributed by atoms with Gasteiger partial charge in [0.05, 0.1) is 30.0 Å². The second kappa shape index (κ2) is 12.3. The minimum Gasteiger partial charge on any atom is -0.496 e. The lowest BCUT2D eigenvalue weighted by Gasteiger charge is -2.27. The highest BCUT2D eigenvalue weighted by Crippen LogP contribution is 2.36. The Morgan fingerprint density at radius 3 is 2.48 bits per heavy atom. The number of nitrogens with zero attached hydrogens (tertiary/aromatic N) is 5. The molecule has 2 aromatic heterocycles. The summed E-state index contributed by atoms with van der Waals surface area (Å²) in [5.74, 6) is 0.549. The first-order chi connectivity index (χ1) is 22.0. The van der Waals surface area contributed by atoms with Crippen LogP contribution >= 0.6 is 0 Å². The van der Waals surface area contributed by atoms with Crippen molar-refractivity contribution in [2.45, 2.75) is 37.8 Å². The van der Waals surface area contributed by atoms with Gasteiger partial charge in [0.15, 0.2) is 5.65 Å². The maximum absolute atomic E-state index is 13.9. The van der Waals surface area contributed by atoms with E-state index in [-0.39, 0.29) is 23.0 Å². The molecule has 3 heterocycles. The van der Waals surface area contributed by atoms with Crippen molar-refractivity contribution in [3.05, 3.63) is 95.3 Å². The van der Waals surface area contributed by atoms with Gasteiger partial charge in [-0.25, -0.2) is 22.4 Å². The quantitative estimate of drug-likeness (QED) is 0.258. The van der Waals surface area contributed by atoms with Gasteiger partial charge in [0.1, 0.15) is 11.3 Å². The molecule has 0 aliphatic carbocycles. The molecule has 1 amide bonds. The summed E-state index contributed by atoms with van der Waals surface area (Å²) in [6, 6.07) is 17.7. The van der Waals surface area contributed by atoms with E-state index in [0.717, 1.165) is 42.0 Å². The van der Waals surface area contributed by atoms with Gasteiger partial charge >= 0.3 is 0 Å². The van der Waals surface area contributed by atoms with E-state index in [1.807, 2.05) is 13.0 Å². The molecule has 11 heteroatoms. The van der Waals surface area contributed by atoms with Crippen molar-refractivity contribution in [1.82, 2.24) is 23.7 Å². The molecule has 0 bridgehead atoms. The lowest BCUT2D eigenvalue weighted by atomic mass is 9.95. The van der Waals surface area contributed by atoms with Gasteiger partial charge in [0.2, 0.25) is 0 Å². The van der Waals surface area contributed by atoms with E-state index in [2.05, 4.69) is 23.0 Å². The standard InChI is InChI=1S/C35H37N5O5S/c1-22-6-12-28(13-7-22)46(43,44)40-21-30(24-8-10-25(11-9-24)35(42)39(4)19-23(2)41)33-34(40)36-18-31(37-33)27-16-26-14-15-38(3)20-29(26)32(17-27)45-5/h6-13,16-18,21,23,41H,14-15,19-20H2,1-5H3. The molecule has 1 atom stereocenters. The lowest BCUT2D eigenvalue weighted by Crippen LogP contribution is -2.32. The van der Waals surface area contributed by atoms with Crippen molar-refractivity contribution in [3.63, 3.8) is 0 Å². The lowest BCUT2D eigenvalue weighted by molar-refractivity contribution is 0.0703. The summed E-state index contributed by atoms with van der Waals surface area (Å²) >= 11 is 0. The molecule has 0 fully saturated rings. The first-order valence-corrected chi connectivity index (χ1v) is 16.5. The van der Waals surface area contributed by atoms with Crippen molar-refractivity contribution in [2.24, 2.45) is 0 Å². The molecule has 1 unspecified atom stereocenters. The highest BCUT2D eigenvalue weighted by atomic mass is 32.2. The maximum atomic E-state index is 13.9. The zero-order valence-corrected chi connectivity index (χ0v) is 27.4. The highest BCUT2D eigenvalue weighted by Gasteiger charge is 2.26. The maximum Gasteiger partial charge on any atom is 0.269 e. The number of methoxy groups -OCH3 is 1. The van der Waals surface area contributed by atoms with Crippen LogP contribution in [0, 0.1) is 6.92 Å². The normalized spacial score (nSPS) is 14.2. The molecule has 1 aliphatic rings. The zero-order valence-electron chi connectivity index (χ0n) is 26.6. The third kappa shape index (κ3) is 5.89. The van der Waals surface area contributed by atoms with E-state index in [1.165, 1.54) is 14.4 Å². The number of aliphatic hydroxyl groups excluding tert-OH is 1. The summed E-state index contributed by atoms with van der Waals surface area (Å²) in [4.78, 5) is 26.5. The number of carbonyl (C=O) groups excluding carboxylic acids is 1. The van der Waals surface area contributed by atoms with Crippen molar-refractivity contribution in [2.75, 3.05) is 34.3 Å². The molecular formula is C35H37N5O5S. The summed E-state index contributed by atoms with van der Waals surface area (Å²) < 4.78 is 34.8.